The zero-order chi connectivity index (χ0) is 32.7. The summed E-state index contributed by atoms with van der Waals surface area (Å²) in [5.74, 6) is -1.85. The van der Waals surface area contributed by atoms with Gasteiger partial charge in [0.05, 0.1) is 17.4 Å². The molecule has 4 aromatic rings. The highest BCUT2D eigenvalue weighted by Gasteiger charge is 2.31. The molecule has 8 heteroatoms. The Bertz CT molecular complexity index is 1620. The Morgan fingerprint density at radius 3 is 2.07 bits per heavy atom. The number of nitrogens with one attached hydrogen (secondary N) is 1. The molecule has 1 heterocycles. The molecule has 0 bridgehead atoms. The molecule has 0 aliphatic heterocycles. The van der Waals surface area contributed by atoms with E-state index >= 15 is 0 Å². The van der Waals surface area contributed by atoms with Crippen molar-refractivity contribution >= 4 is 23.3 Å². The van der Waals surface area contributed by atoms with Crippen LogP contribution in [0, 0.1) is 5.82 Å². The molecule has 2 N–H and O–H groups in total. The van der Waals surface area contributed by atoms with Crippen LogP contribution < -0.4 is 5.32 Å². The van der Waals surface area contributed by atoms with Gasteiger partial charge in [0.1, 0.15) is 23.6 Å². The summed E-state index contributed by atoms with van der Waals surface area (Å²) < 4.78 is 21.3. The van der Waals surface area contributed by atoms with Crippen LogP contribution in [0.5, 0.6) is 0 Å². The van der Waals surface area contributed by atoms with Crippen molar-refractivity contribution in [1.82, 2.24) is 4.57 Å². The van der Waals surface area contributed by atoms with Gasteiger partial charge in [-0.2, -0.15) is 0 Å². The van der Waals surface area contributed by atoms with Gasteiger partial charge in [-0.3, -0.25) is 14.4 Å². The summed E-state index contributed by atoms with van der Waals surface area (Å²) in [6, 6.07) is 24.9. The van der Waals surface area contributed by atoms with Gasteiger partial charge in [0.25, 0.3) is 5.91 Å². The van der Waals surface area contributed by atoms with E-state index in [1.807, 2.05) is 79.1 Å². The first-order valence-electron chi connectivity index (χ1n) is 15.2. The van der Waals surface area contributed by atoms with E-state index < -0.39 is 29.9 Å². The second-order valence-corrected chi connectivity index (χ2v) is 12.4. The van der Waals surface area contributed by atoms with Crippen molar-refractivity contribution in [3.05, 3.63) is 102 Å². The number of aromatic nitrogens is 1. The highest BCUT2D eigenvalue weighted by molar-refractivity contribution is 6.12. The first-order chi connectivity index (χ1) is 21.3. The molecule has 236 valence electrons. The number of carbonyl (C=O) groups excluding carboxylic acids is 3. The summed E-state index contributed by atoms with van der Waals surface area (Å²) in [4.78, 5) is 38.9. The number of esters is 1. The van der Waals surface area contributed by atoms with Crippen LogP contribution in [-0.2, 0) is 20.9 Å². The number of rotatable bonds is 12. The molecule has 4 rings (SSSR count). The molecule has 0 radical (unpaired) electrons. The normalized spacial score (nSPS) is 12.2. The molecule has 45 heavy (non-hydrogen) atoms. The van der Waals surface area contributed by atoms with Crippen molar-refractivity contribution in [2.75, 3.05) is 5.32 Å². The van der Waals surface area contributed by atoms with E-state index in [9.17, 15) is 23.9 Å². The van der Waals surface area contributed by atoms with E-state index in [-0.39, 0.29) is 37.0 Å². The van der Waals surface area contributed by atoms with E-state index in [4.69, 9.17) is 4.74 Å². The number of carbonyl (C=O) groups is 3. The first-order valence-corrected chi connectivity index (χ1v) is 15.2. The maximum absolute atomic E-state index is 14.1. The number of nitrogens with zero attached hydrogens (tertiary/aromatic N) is 1. The summed E-state index contributed by atoms with van der Waals surface area (Å²) >= 11 is 0. The first kappa shape index (κ1) is 33.3. The Balaban J connectivity index is 1.78. The lowest BCUT2D eigenvalue weighted by Gasteiger charge is -2.20. The summed E-state index contributed by atoms with van der Waals surface area (Å²) in [5, 5.41) is 14.0. The topological polar surface area (TPSA) is 97.6 Å². The lowest BCUT2D eigenvalue weighted by atomic mass is 9.94. The number of hydrogen-bond donors (Lipinski definition) is 2. The molecule has 1 amide bonds. The Morgan fingerprint density at radius 2 is 1.49 bits per heavy atom. The standard InChI is InChI=1S/C37H41FN2O5/c1-24(2)34-33(36(44)39-28-14-10-7-11-15-28)32(25-12-8-6-9-13-25)35(26-16-18-27(38)19-17-26)40(34)21-20-29(41)22-30(42)23-31(43)45-37(3,4)5/h6-19,24,29,41H,20-23H2,1-5H3,(H,39,44). The van der Waals surface area contributed by atoms with Gasteiger partial charge in [0.2, 0.25) is 0 Å². The minimum absolute atomic E-state index is 0.121. The summed E-state index contributed by atoms with van der Waals surface area (Å²) in [5.41, 5.74) is 4.06. The van der Waals surface area contributed by atoms with E-state index in [2.05, 4.69) is 5.32 Å². The summed E-state index contributed by atoms with van der Waals surface area (Å²) in [6.45, 7) is 9.43. The molecule has 3 aromatic carbocycles. The van der Waals surface area contributed by atoms with E-state index in [1.54, 1.807) is 32.9 Å². The van der Waals surface area contributed by atoms with Crippen LogP contribution in [0.1, 0.15) is 75.9 Å². The Kier molecular flexibility index (Phi) is 10.7. The predicted molar refractivity (Wildman–Crippen MR) is 174 cm³/mol. The number of para-hydroxylation sites is 1. The van der Waals surface area contributed by atoms with Crippen molar-refractivity contribution in [1.29, 1.82) is 0 Å². The Labute approximate surface area is 264 Å². The van der Waals surface area contributed by atoms with E-state index in [0.29, 0.717) is 28.1 Å². The van der Waals surface area contributed by atoms with Crippen molar-refractivity contribution in [3.63, 3.8) is 0 Å². The third-order valence-corrected chi connectivity index (χ3v) is 7.20. The molecule has 0 aliphatic rings. The van der Waals surface area contributed by atoms with Crippen LogP contribution in [0.4, 0.5) is 10.1 Å². The number of amides is 1. The summed E-state index contributed by atoms with van der Waals surface area (Å²) in [6.07, 6.45) is -1.49. The number of ketones is 1. The predicted octanol–water partition coefficient (Wildman–Crippen LogP) is 7.78. The largest absolute Gasteiger partial charge is 0.460 e. The molecule has 1 unspecified atom stereocenters. The zero-order valence-electron chi connectivity index (χ0n) is 26.5. The smallest absolute Gasteiger partial charge is 0.313 e. The van der Waals surface area contributed by atoms with Gasteiger partial charge in [-0.05, 0) is 80.6 Å². The quantitative estimate of drug-likeness (QED) is 0.126. The van der Waals surface area contributed by atoms with Crippen molar-refractivity contribution < 1.29 is 28.6 Å². The van der Waals surface area contributed by atoms with Gasteiger partial charge in [-0.15, -0.1) is 0 Å². The van der Waals surface area contributed by atoms with Gasteiger partial charge >= 0.3 is 5.97 Å². The molecule has 0 fully saturated rings. The number of anilines is 1. The minimum Gasteiger partial charge on any atom is -0.460 e. The van der Waals surface area contributed by atoms with Crippen LogP contribution in [0.25, 0.3) is 22.4 Å². The van der Waals surface area contributed by atoms with E-state index in [1.165, 1.54) is 12.1 Å². The van der Waals surface area contributed by atoms with Crippen LogP contribution in [0.3, 0.4) is 0 Å². The third-order valence-electron chi connectivity index (χ3n) is 7.20. The number of benzene rings is 3. The lowest BCUT2D eigenvalue weighted by Crippen LogP contribution is -2.26. The van der Waals surface area contributed by atoms with Crippen LogP contribution in [0.2, 0.25) is 0 Å². The van der Waals surface area contributed by atoms with E-state index in [0.717, 1.165) is 11.3 Å². The molecule has 7 nitrogen and oxygen atoms in total. The van der Waals surface area contributed by atoms with Crippen molar-refractivity contribution in [2.45, 2.75) is 78.0 Å². The second-order valence-electron chi connectivity index (χ2n) is 12.4. The zero-order valence-corrected chi connectivity index (χ0v) is 26.5. The van der Waals surface area contributed by atoms with Crippen molar-refractivity contribution in [3.8, 4) is 22.4 Å². The molecular formula is C37H41FN2O5. The van der Waals surface area contributed by atoms with Gasteiger partial charge in [0.15, 0.2) is 0 Å². The van der Waals surface area contributed by atoms with Gasteiger partial charge in [-0.1, -0.05) is 62.4 Å². The SMILES string of the molecule is CC(C)c1c(C(=O)Nc2ccccc2)c(-c2ccccc2)c(-c2ccc(F)cc2)n1CCC(O)CC(=O)CC(=O)OC(C)(C)C. The van der Waals surface area contributed by atoms with Crippen LogP contribution in [0.15, 0.2) is 84.9 Å². The third kappa shape index (κ3) is 8.76. The van der Waals surface area contributed by atoms with Crippen molar-refractivity contribution in [2.24, 2.45) is 0 Å². The second kappa shape index (κ2) is 14.5. The maximum atomic E-state index is 14.1. The average Bonchev–Trinajstić information content (AvgIpc) is 3.32. The molecule has 1 aromatic heterocycles. The highest BCUT2D eigenvalue weighted by atomic mass is 19.1. The fraction of sp³-hybridized carbons (Fsp3) is 0.324. The van der Waals surface area contributed by atoms with Crippen LogP contribution in [-0.4, -0.2) is 39.0 Å². The van der Waals surface area contributed by atoms with Gasteiger partial charge in [-0.25, -0.2) is 4.39 Å². The number of ether oxygens (including phenoxy) is 1. The minimum atomic E-state index is -1.04. The van der Waals surface area contributed by atoms with Crippen LogP contribution >= 0.6 is 0 Å². The van der Waals surface area contributed by atoms with Gasteiger partial charge < -0.3 is 19.7 Å². The maximum Gasteiger partial charge on any atom is 0.313 e. The lowest BCUT2D eigenvalue weighted by molar-refractivity contribution is -0.156. The number of aliphatic hydroxyl groups excluding tert-OH is 1. The number of Topliss-reactive ketones (excluding diaryl/α,β-unsaturated/α-hetero) is 1. The monoisotopic (exact) mass is 612 g/mol. The fourth-order valence-corrected chi connectivity index (χ4v) is 5.46. The molecule has 1 atom stereocenters. The molecule has 0 saturated heterocycles. The molecule has 0 spiro atoms. The Hall–Kier alpha value is -4.56. The number of halogens is 1. The summed E-state index contributed by atoms with van der Waals surface area (Å²) in [7, 11) is 0. The molecule has 0 saturated carbocycles. The average molecular weight is 613 g/mol. The number of aliphatic hydroxyl groups is 1. The Morgan fingerprint density at radius 1 is 0.889 bits per heavy atom. The molecular weight excluding hydrogens is 571 g/mol. The van der Waals surface area contributed by atoms with Gasteiger partial charge in [0, 0.05) is 29.9 Å². The fourth-order valence-electron chi connectivity index (χ4n) is 5.46. The number of hydrogen-bond acceptors (Lipinski definition) is 5. The highest BCUT2D eigenvalue weighted by Crippen LogP contribution is 2.42. The molecule has 0 aliphatic carbocycles.